The number of rotatable bonds is 11. The Bertz CT molecular complexity index is 1440. The minimum absolute atomic E-state index is 0.0524. The molecule has 4 fully saturated rings. The summed E-state index contributed by atoms with van der Waals surface area (Å²) < 4.78 is 121. The largest absolute Gasteiger partial charge is 0.748 e. The fourth-order valence-corrected chi connectivity index (χ4v) is 10.3. The summed E-state index contributed by atoms with van der Waals surface area (Å²) in [5.41, 5.74) is -6.60. The molecule has 0 saturated heterocycles. The van der Waals surface area contributed by atoms with E-state index in [-0.39, 0.29) is 77.5 Å². The van der Waals surface area contributed by atoms with Crippen LogP contribution in [-0.2, 0) is 43.6 Å². The number of hydrogen-bond donors (Lipinski definition) is 0. The first-order valence-electron chi connectivity index (χ1n) is 16.4. The van der Waals surface area contributed by atoms with Crippen LogP contribution in [0.4, 0.5) is 26.3 Å². The van der Waals surface area contributed by atoms with Crippen LogP contribution in [0.2, 0.25) is 0 Å². The van der Waals surface area contributed by atoms with Gasteiger partial charge in [0, 0.05) is 49.9 Å². The van der Waals surface area contributed by atoms with Crippen molar-refractivity contribution in [1.29, 1.82) is 0 Å². The molecule has 0 heterocycles. The highest BCUT2D eigenvalue weighted by molar-refractivity contribution is 7.85. The van der Waals surface area contributed by atoms with Gasteiger partial charge in [0.15, 0.2) is 0 Å². The first-order valence-corrected chi connectivity index (χ1v) is 18.0. The van der Waals surface area contributed by atoms with Gasteiger partial charge in [-0.05, 0) is 67.1 Å². The molecule has 0 spiro atoms. The van der Waals surface area contributed by atoms with E-state index in [0.29, 0.717) is 38.5 Å². The highest BCUT2D eigenvalue weighted by atomic mass is 32.2. The summed E-state index contributed by atoms with van der Waals surface area (Å²) in [6.07, 6.45) is -11.1. The molecule has 8 atom stereocenters. The fourth-order valence-electron chi connectivity index (χ4n) is 9.38. The average molecular weight is 732 g/mol. The predicted octanol–water partition coefficient (Wildman–Crippen LogP) is 5.26. The molecular weight excluding hydrogens is 690 g/mol. The van der Waals surface area contributed by atoms with Crippen LogP contribution in [0.15, 0.2) is 0 Å². The third-order valence-electron chi connectivity index (χ3n) is 12.1. The van der Waals surface area contributed by atoms with E-state index in [1.54, 1.807) is 0 Å². The zero-order chi connectivity index (χ0) is 37.0. The number of ether oxygens (including phenoxy) is 2. The zero-order valence-electron chi connectivity index (χ0n) is 27.4. The van der Waals surface area contributed by atoms with Crippen molar-refractivity contribution in [3.8, 4) is 0 Å². The van der Waals surface area contributed by atoms with Gasteiger partial charge in [-0.15, -0.1) is 0 Å². The number of hydrogen-bond acceptors (Lipinski definition) is 10. The van der Waals surface area contributed by atoms with Gasteiger partial charge < -0.3 is 14.0 Å². The quantitative estimate of drug-likeness (QED) is 0.119. The number of carbonyl (C=O) groups excluding carboxylic acids is 5. The molecule has 0 radical (unpaired) electrons. The third-order valence-corrected chi connectivity index (χ3v) is 12.8. The van der Waals surface area contributed by atoms with E-state index in [4.69, 9.17) is 4.74 Å². The van der Waals surface area contributed by atoms with Gasteiger partial charge in [-0.3, -0.25) is 24.0 Å². The van der Waals surface area contributed by atoms with Crippen LogP contribution >= 0.6 is 0 Å². The molecule has 0 aromatic heterocycles. The van der Waals surface area contributed by atoms with Crippen molar-refractivity contribution in [2.24, 2.45) is 46.3 Å². The number of ketones is 3. The topological polar surface area (TPSA) is 161 Å². The fraction of sp³-hybridized carbons (Fsp3) is 0.844. The van der Waals surface area contributed by atoms with Gasteiger partial charge in [-0.1, -0.05) is 20.8 Å². The Morgan fingerprint density at radius 2 is 1.57 bits per heavy atom. The van der Waals surface area contributed by atoms with E-state index in [2.05, 4.69) is 11.7 Å². The number of fused-ring (bicyclic) bond motifs is 5. The van der Waals surface area contributed by atoms with Crippen LogP contribution in [0.25, 0.3) is 0 Å². The maximum atomic E-state index is 13.9. The van der Waals surface area contributed by atoms with E-state index >= 15 is 0 Å². The molecule has 0 aliphatic heterocycles. The molecule has 0 bridgehead atoms. The monoisotopic (exact) mass is 731 g/mol. The Hall–Kier alpha value is -2.56. The second kappa shape index (κ2) is 13.5. The van der Waals surface area contributed by atoms with Crippen LogP contribution in [-0.4, -0.2) is 72.6 Å². The molecule has 0 aromatic carbocycles. The summed E-state index contributed by atoms with van der Waals surface area (Å²) in [4.78, 5) is 64.0. The van der Waals surface area contributed by atoms with Crippen molar-refractivity contribution in [2.75, 3.05) is 12.4 Å². The van der Waals surface area contributed by atoms with Crippen LogP contribution in [0.5, 0.6) is 0 Å². The van der Waals surface area contributed by atoms with Crippen LogP contribution < -0.4 is 0 Å². The lowest BCUT2D eigenvalue weighted by molar-refractivity contribution is -0.361. The van der Waals surface area contributed by atoms with Crippen molar-refractivity contribution in [1.82, 2.24) is 0 Å². The lowest BCUT2D eigenvalue weighted by Gasteiger charge is -2.58. The highest BCUT2D eigenvalue weighted by Gasteiger charge is 2.75. The van der Waals surface area contributed by atoms with Crippen molar-refractivity contribution >= 4 is 39.4 Å². The highest BCUT2D eigenvalue weighted by Crippen LogP contribution is 2.66. The zero-order valence-corrected chi connectivity index (χ0v) is 28.2. The Balaban J connectivity index is 1.30. The predicted molar refractivity (Wildman–Crippen MR) is 155 cm³/mol. The summed E-state index contributed by atoms with van der Waals surface area (Å²) in [7, 11) is -6.16. The minimum atomic E-state index is -6.48. The Kier molecular flexibility index (Phi) is 10.8. The molecule has 8 unspecified atom stereocenters. The molecule has 10 nitrogen and oxygen atoms in total. The van der Waals surface area contributed by atoms with Crippen LogP contribution in [0.3, 0.4) is 0 Å². The lowest BCUT2D eigenvalue weighted by Crippen LogP contribution is -2.63. The van der Waals surface area contributed by atoms with E-state index in [1.807, 2.05) is 13.8 Å². The van der Waals surface area contributed by atoms with Gasteiger partial charge >= 0.3 is 29.9 Å². The molecular formula is C32H41F6O10S-. The summed E-state index contributed by atoms with van der Waals surface area (Å²) >= 11 is 0. The van der Waals surface area contributed by atoms with E-state index in [0.717, 1.165) is 0 Å². The normalized spacial score (nSPS) is 32.9. The van der Waals surface area contributed by atoms with Gasteiger partial charge in [0.2, 0.25) is 0 Å². The van der Waals surface area contributed by atoms with Crippen molar-refractivity contribution in [3.63, 3.8) is 0 Å². The molecule has 0 amide bonds. The molecule has 49 heavy (non-hydrogen) atoms. The summed E-state index contributed by atoms with van der Waals surface area (Å²) in [6.45, 7) is 5.34. The number of halogens is 6. The number of Topliss-reactive ketones (excluding diaryl/α,β-unsaturated/α-hetero) is 3. The van der Waals surface area contributed by atoms with Crippen molar-refractivity contribution in [3.05, 3.63) is 0 Å². The Morgan fingerprint density at radius 1 is 0.939 bits per heavy atom. The van der Waals surface area contributed by atoms with Gasteiger partial charge in [0.25, 0.3) is 0 Å². The molecule has 278 valence electrons. The smallest absolute Gasteiger partial charge is 0.438 e. The van der Waals surface area contributed by atoms with Crippen LogP contribution in [0.1, 0.15) is 91.4 Å². The minimum Gasteiger partial charge on any atom is -0.748 e. The molecule has 4 aliphatic rings. The molecule has 0 aromatic rings. The standard InChI is InChI=1S/C32H42F6O10S/c1-17(6-9-25(42)47-12-4-5-26(43)48-30(31(33,34)35,32(36,37)38)16-49(44,45)46)20-7-8-21-27-22(15-24(41)29(20,21)3)28(2)11-10-19(39)13-18(28)14-23(27)40/h17-18,20-22,27H,4-16H2,1-3H3,(H,44,45,46)/p-1. The second-order valence-corrected chi connectivity index (χ2v) is 16.2. The molecule has 0 N–H and O–H groups in total. The van der Waals surface area contributed by atoms with Gasteiger partial charge in [-0.2, -0.15) is 26.3 Å². The first-order chi connectivity index (χ1) is 22.4. The third kappa shape index (κ3) is 7.43. The summed E-state index contributed by atoms with van der Waals surface area (Å²) in [6, 6.07) is 0. The maximum Gasteiger partial charge on any atom is 0.438 e. The lowest BCUT2D eigenvalue weighted by atomic mass is 9.44. The molecule has 17 heteroatoms. The van der Waals surface area contributed by atoms with Crippen molar-refractivity contribution < 1.29 is 72.8 Å². The Labute approximate surface area is 280 Å². The van der Waals surface area contributed by atoms with Crippen LogP contribution in [0, 0.1) is 46.3 Å². The number of carbonyl (C=O) groups is 5. The maximum absolute atomic E-state index is 13.9. The SMILES string of the molecule is CC(CCC(=O)OCCCC(=O)OC(CS(=O)(=O)[O-])(C(F)(F)F)C(F)(F)F)C1CCC2C3C(=O)CC4CC(=O)CCC4(C)C3CC(=O)C12C. The number of esters is 2. The Morgan fingerprint density at radius 3 is 2.16 bits per heavy atom. The van der Waals surface area contributed by atoms with E-state index in [9.17, 15) is 63.3 Å². The molecule has 4 rings (SSSR count). The summed E-state index contributed by atoms with van der Waals surface area (Å²) in [5, 5.41) is 0. The van der Waals surface area contributed by atoms with Gasteiger partial charge in [0.05, 0.1) is 22.5 Å². The van der Waals surface area contributed by atoms with E-state index in [1.165, 1.54) is 0 Å². The molecule has 4 saturated carbocycles. The van der Waals surface area contributed by atoms with Gasteiger partial charge in [-0.25, -0.2) is 8.42 Å². The number of alkyl halides is 6. The van der Waals surface area contributed by atoms with Gasteiger partial charge in [0.1, 0.15) is 17.3 Å². The van der Waals surface area contributed by atoms with Crippen molar-refractivity contribution in [2.45, 2.75) is 109 Å². The second-order valence-electron chi connectivity index (χ2n) is 14.8. The molecule has 4 aliphatic carbocycles. The average Bonchev–Trinajstić information content (AvgIpc) is 3.31. The first kappa shape index (κ1) is 39.2. The van der Waals surface area contributed by atoms with E-state index < -0.39 is 70.6 Å². The summed E-state index contributed by atoms with van der Waals surface area (Å²) in [5.74, 6) is -6.48.